The minimum atomic E-state index is -0.647. The van der Waals surface area contributed by atoms with Crippen molar-refractivity contribution in [2.45, 2.75) is 0 Å². The average Bonchev–Trinajstić information content (AvgIpc) is 2.19. The fraction of sp³-hybridized carbons (Fsp3) is 0.111. The second-order valence-electron chi connectivity index (χ2n) is 2.48. The van der Waals surface area contributed by atoms with Crippen LogP contribution in [0.3, 0.4) is 0 Å². The Bertz CT molecular complexity index is 428. The molecular formula is C9H4BrFINO. The molecule has 0 unspecified atom stereocenters. The van der Waals surface area contributed by atoms with Gasteiger partial charge in [-0.25, -0.2) is 4.39 Å². The number of rotatable bonds is 2. The quantitative estimate of drug-likeness (QED) is 0.458. The monoisotopic (exact) mass is 367 g/mol. The predicted molar refractivity (Wildman–Crippen MR) is 62.0 cm³/mol. The SMILES string of the molecule is N#Cc1cc(F)c(C(=O)CBr)cc1I. The Labute approximate surface area is 102 Å². The van der Waals surface area contributed by atoms with Gasteiger partial charge in [0, 0.05) is 3.57 Å². The van der Waals surface area contributed by atoms with Gasteiger partial charge in [-0.3, -0.25) is 4.79 Å². The number of hydrogen-bond acceptors (Lipinski definition) is 2. The highest BCUT2D eigenvalue weighted by atomic mass is 127. The van der Waals surface area contributed by atoms with Crippen LogP contribution in [0.25, 0.3) is 0 Å². The molecule has 0 fully saturated rings. The van der Waals surface area contributed by atoms with Crippen molar-refractivity contribution in [3.8, 4) is 6.07 Å². The second-order valence-corrected chi connectivity index (χ2v) is 4.20. The Hall–Kier alpha value is -0.480. The number of carbonyl (C=O) groups is 1. The first kappa shape index (κ1) is 11.6. The summed E-state index contributed by atoms with van der Waals surface area (Å²) in [5.74, 6) is -0.976. The minimum Gasteiger partial charge on any atom is -0.293 e. The zero-order chi connectivity index (χ0) is 10.7. The molecule has 2 nitrogen and oxygen atoms in total. The third kappa shape index (κ3) is 2.30. The van der Waals surface area contributed by atoms with Crippen molar-refractivity contribution in [2.75, 3.05) is 5.33 Å². The van der Waals surface area contributed by atoms with Crippen molar-refractivity contribution in [2.24, 2.45) is 0 Å². The van der Waals surface area contributed by atoms with Gasteiger partial charge in [-0.1, -0.05) is 15.9 Å². The molecule has 0 saturated carbocycles. The van der Waals surface area contributed by atoms with E-state index in [1.165, 1.54) is 6.07 Å². The summed E-state index contributed by atoms with van der Waals surface area (Å²) in [6.45, 7) is 0. The molecule has 0 bridgehead atoms. The molecule has 0 aromatic heterocycles. The highest BCUT2D eigenvalue weighted by Gasteiger charge is 2.13. The zero-order valence-corrected chi connectivity index (χ0v) is 10.6. The molecule has 0 saturated heterocycles. The molecule has 72 valence electrons. The summed E-state index contributed by atoms with van der Waals surface area (Å²) in [5, 5.41) is 8.69. The first-order valence-electron chi connectivity index (χ1n) is 3.58. The van der Waals surface area contributed by atoms with E-state index in [-0.39, 0.29) is 22.2 Å². The number of carbonyl (C=O) groups excluding carboxylic acids is 1. The highest BCUT2D eigenvalue weighted by molar-refractivity contribution is 14.1. The standard InChI is InChI=1S/C9H4BrFINO/c10-3-9(14)6-2-8(12)5(4-13)1-7(6)11/h1-2H,3H2. The molecule has 0 atom stereocenters. The van der Waals surface area contributed by atoms with Crippen LogP contribution in [0.5, 0.6) is 0 Å². The molecule has 0 radical (unpaired) electrons. The van der Waals surface area contributed by atoms with Crippen molar-refractivity contribution in [3.63, 3.8) is 0 Å². The number of benzene rings is 1. The fourth-order valence-corrected chi connectivity index (χ4v) is 1.81. The Morgan fingerprint density at radius 1 is 1.64 bits per heavy atom. The highest BCUT2D eigenvalue weighted by Crippen LogP contribution is 2.18. The maximum atomic E-state index is 13.3. The van der Waals surface area contributed by atoms with Gasteiger partial charge in [-0.15, -0.1) is 0 Å². The number of halogens is 3. The molecule has 0 heterocycles. The summed E-state index contributed by atoms with van der Waals surface area (Å²) in [6.07, 6.45) is 0. The molecule has 0 aliphatic rings. The first-order valence-corrected chi connectivity index (χ1v) is 5.78. The van der Waals surface area contributed by atoms with Crippen LogP contribution in [0.15, 0.2) is 12.1 Å². The van der Waals surface area contributed by atoms with E-state index in [4.69, 9.17) is 5.26 Å². The fourth-order valence-electron chi connectivity index (χ4n) is 0.918. The molecule has 0 spiro atoms. The van der Waals surface area contributed by atoms with Crippen LogP contribution in [-0.4, -0.2) is 11.1 Å². The van der Waals surface area contributed by atoms with E-state index in [9.17, 15) is 9.18 Å². The van der Waals surface area contributed by atoms with E-state index in [0.29, 0.717) is 3.57 Å². The normalized spacial score (nSPS) is 9.57. The molecule has 1 aromatic rings. The van der Waals surface area contributed by atoms with Gasteiger partial charge in [-0.05, 0) is 34.7 Å². The summed E-state index contributed by atoms with van der Waals surface area (Å²) < 4.78 is 13.8. The largest absolute Gasteiger partial charge is 0.293 e. The van der Waals surface area contributed by atoms with Gasteiger partial charge in [-0.2, -0.15) is 5.26 Å². The van der Waals surface area contributed by atoms with Crippen LogP contribution >= 0.6 is 38.5 Å². The van der Waals surface area contributed by atoms with Gasteiger partial charge in [0.2, 0.25) is 0 Å². The first-order chi connectivity index (χ1) is 6.60. The summed E-state index contributed by atoms with van der Waals surface area (Å²) in [7, 11) is 0. The summed E-state index contributed by atoms with van der Waals surface area (Å²) in [5.41, 5.74) is 0.263. The lowest BCUT2D eigenvalue weighted by atomic mass is 10.1. The van der Waals surface area contributed by atoms with Gasteiger partial charge in [0.05, 0.1) is 16.5 Å². The molecule has 5 heteroatoms. The van der Waals surface area contributed by atoms with Gasteiger partial charge in [0.1, 0.15) is 11.9 Å². The number of nitriles is 1. The lowest BCUT2D eigenvalue weighted by Gasteiger charge is -2.02. The molecule has 1 rings (SSSR count). The van der Waals surface area contributed by atoms with Crippen LogP contribution in [0, 0.1) is 20.7 Å². The number of nitrogens with zero attached hydrogens (tertiary/aromatic N) is 1. The Balaban J connectivity index is 3.30. The molecule has 0 amide bonds. The van der Waals surface area contributed by atoms with Crippen molar-refractivity contribution in [1.29, 1.82) is 5.26 Å². The molecule has 0 aliphatic carbocycles. The Morgan fingerprint density at radius 3 is 2.79 bits per heavy atom. The number of ketones is 1. The predicted octanol–water partition coefficient (Wildman–Crippen LogP) is 2.88. The summed E-state index contributed by atoms with van der Waals surface area (Å²) in [6, 6.07) is 4.32. The van der Waals surface area contributed by atoms with Crippen LogP contribution in [0.2, 0.25) is 0 Å². The maximum Gasteiger partial charge on any atom is 0.176 e. The van der Waals surface area contributed by atoms with Crippen LogP contribution < -0.4 is 0 Å². The van der Waals surface area contributed by atoms with Gasteiger partial charge in [0.25, 0.3) is 0 Å². The van der Waals surface area contributed by atoms with Crippen LogP contribution in [0.4, 0.5) is 4.39 Å². The van der Waals surface area contributed by atoms with Gasteiger partial charge in [0.15, 0.2) is 5.78 Å². The lowest BCUT2D eigenvalue weighted by Crippen LogP contribution is -2.04. The number of Topliss-reactive ketones (excluding diaryl/α,β-unsaturated/α-hetero) is 1. The van der Waals surface area contributed by atoms with Crippen LogP contribution in [-0.2, 0) is 0 Å². The van der Waals surface area contributed by atoms with E-state index in [2.05, 4.69) is 15.9 Å². The zero-order valence-electron chi connectivity index (χ0n) is 6.85. The van der Waals surface area contributed by atoms with Crippen LogP contribution in [0.1, 0.15) is 15.9 Å². The topological polar surface area (TPSA) is 40.9 Å². The Morgan fingerprint density at radius 2 is 2.29 bits per heavy atom. The smallest absolute Gasteiger partial charge is 0.176 e. The van der Waals surface area contributed by atoms with Crippen molar-refractivity contribution >= 4 is 44.3 Å². The second kappa shape index (κ2) is 4.84. The molecule has 1 aromatic carbocycles. The molecule has 0 N–H and O–H groups in total. The summed E-state index contributed by atoms with van der Waals surface area (Å²) in [4.78, 5) is 11.2. The van der Waals surface area contributed by atoms with Gasteiger partial charge < -0.3 is 0 Å². The number of alkyl halides is 1. The molecular weight excluding hydrogens is 364 g/mol. The Kier molecular flexibility index (Phi) is 4.01. The third-order valence-corrected chi connectivity index (χ3v) is 3.00. The van der Waals surface area contributed by atoms with E-state index in [1.54, 1.807) is 0 Å². The van der Waals surface area contributed by atoms with E-state index >= 15 is 0 Å². The van der Waals surface area contributed by atoms with Crippen molar-refractivity contribution < 1.29 is 9.18 Å². The lowest BCUT2D eigenvalue weighted by molar-refractivity contribution is 0.102. The molecule has 0 aliphatic heterocycles. The van der Waals surface area contributed by atoms with Crippen molar-refractivity contribution in [1.82, 2.24) is 0 Å². The van der Waals surface area contributed by atoms with E-state index in [0.717, 1.165) is 6.07 Å². The third-order valence-electron chi connectivity index (χ3n) is 1.60. The maximum absolute atomic E-state index is 13.3. The number of hydrogen-bond donors (Lipinski definition) is 0. The van der Waals surface area contributed by atoms with E-state index < -0.39 is 5.82 Å². The van der Waals surface area contributed by atoms with E-state index in [1.807, 2.05) is 28.7 Å². The van der Waals surface area contributed by atoms with Gasteiger partial charge >= 0.3 is 0 Å². The van der Waals surface area contributed by atoms with Crippen molar-refractivity contribution in [3.05, 3.63) is 32.6 Å². The summed E-state index contributed by atoms with van der Waals surface area (Å²) >= 11 is 4.86. The average molecular weight is 368 g/mol. The minimum absolute atomic E-state index is 0.0188. The molecule has 14 heavy (non-hydrogen) atoms.